The molecular weight excluding hydrogens is 331 g/mol. The quantitative estimate of drug-likeness (QED) is 0.732. The molecule has 0 fully saturated rings. The largest absolute Gasteiger partial charge is 0.460 e. The molecule has 0 saturated heterocycles. The summed E-state index contributed by atoms with van der Waals surface area (Å²) in [7, 11) is 1.55. The molecule has 2 aromatic rings. The van der Waals surface area contributed by atoms with E-state index in [1.165, 1.54) is 4.90 Å². The first kappa shape index (κ1) is 19.0. The van der Waals surface area contributed by atoms with Crippen molar-refractivity contribution in [2.75, 3.05) is 11.9 Å². The van der Waals surface area contributed by atoms with Crippen LogP contribution in [-0.2, 0) is 12.6 Å². The van der Waals surface area contributed by atoms with E-state index >= 15 is 0 Å². The molecule has 25 heavy (non-hydrogen) atoms. The van der Waals surface area contributed by atoms with E-state index in [1.807, 2.05) is 32.9 Å². The Morgan fingerprint density at radius 3 is 2.32 bits per heavy atom. The van der Waals surface area contributed by atoms with Crippen molar-refractivity contribution in [3.63, 3.8) is 0 Å². The Morgan fingerprint density at radius 2 is 1.80 bits per heavy atom. The van der Waals surface area contributed by atoms with Gasteiger partial charge in [0.1, 0.15) is 5.56 Å². The van der Waals surface area contributed by atoms with Crippen molar-refractivity contribution in [3.8, 4) is 6.01 Å². The van der Waals surface area contributed by atoms with Crippen LogP contribution in [-0.4, -0.2) is 23.1 Å². The molecule has 2 rings (SSSR count). The van der Waals surface area contributed by atoms with E-state index in [0.29, 0.717) is 12.1 Å². The molecule has 0 saturated carbocycles. The number of anilines is 2. The number of hydrogen-bond donors (Lipinski definition) is 0. The number of aryl methyl sites for hydroxylation is 1. The Labute approximate surface area is 145 Å². The van der Waals surface area contributed by atoms with Crippen LogP contribution in [0.15, 0.2) is 30.5 Å². The van der Waals surface area contributed by atoms with Gasteiger partial charge < -0.3 is 9.64 Å². The van der Waals surface area contributed by atoms with Crippen molar-refractivity contribution < 1.29 is 17.9 Å². The van der Waals surface area contributed by atoms with Gasteiger partial charge in [-0.1, -0.05) is 26.0 Å². The lowest BCUT2D eigenvalue weighted by atomic mass is 10.1. The Bertz CT molecular complexity index is 702. The fourth-order valence-electron chi connectivity index (χ4n) is 2.21. The minimum absolute atomic E-state index is 0.0608. The minimum Gasteiger partial charge on any atom is -0.460 e. The van der Waals surface area contributed by atoms with E-state index in [1.54, 1.807) is 19.2 Å². The van der Waals surface area contributed by atoms with Crippen LogP contribution in [0.25, 0.3) is 0 Å². The van der Waals surface area contributed by atoms with Gasteiger partial charge in [-0.05, 0) is 37.5 Å². The number of alkyl halides is 3. The standard InChI is InChI=1S/C18H22F3N3O/c1-5-12(3)25-17-22-11-15(18(19,20)21)16(23-17)24(4)14-9-7-13(6-2)8-10-14/h7-12H,5-6H2,1-4H3. The molecule has 1 aromatic carbocycles. The van der Waals surface area contributed by atoms with Crippen LogP contribution in [0.2, 0.25) is 0 Å². The lowest BCUT2D eigenvalue weighted by Gasteiger charge is -2.23. The number of nitrogens with zero attached hydrogens (tertiary/aromatic N) is 3. The summed E-state index contributed by atoms with van der Waals surface area (Å²) in [6.07, 6.45) is -2.40. The molecule has 0 aliphatic rings. The lowest BCUT2D eigenvalue weighted by molar-refractivity contribution is -0.137. The molecule has 0 bridgehead atoms. The Morgan fingerprint density at radius 1 is 1.16 bits per heavy atom. The smallest absolute Gasteiger partial charge is 0.421 e. The highest BCUT2D eigenvalue weighted by atomic mass is 19.4. The second-order valence-corrected chi connectivity index (χ2v) is 5.80. The number of rotatable bonds is 6. The van der Waals surface area contributed by atoms with E-state index in [-0.39, 0.29) is 17.9 Å². The van der Waals surface area contributed by atoms with Crippen LogP contribution in [0.1, 0.15) is 38.3 Å². The summed E-state index contributed by atoms with van der Waals surface area (Å²) in [5.41, 5.74) is 0.818. The Kier molecular flexibility index (Phi) is 5.87. The molecule has 1 atom stereocenters. The summed E-state index contributed by atoms with van der Waals surface area (Å²) in [6, 6.07) is 7.26. The number of halogens is 3. The van der Waals surface area contributed by atoms with Gasteiger partial charge in [-0.25, -0.2) is 4.98 Å². The summed E-state index contributed by atoms with van der Waals surface area (Å²) < 4.78 is 45.5. The molecule has 136 valence electrons. The number of benzene rings is 1. The predicted octanol–water partition coefficient (Wildman–Crippen LogP) is 5.00. The third-order valence-corrected chi connectivity index (χ3v) is 3.98. The van der Waals surface area contributed by atoms with Gasteiger partial charge in [0, 0.05) is 18.9 Å². The van der Waals surface area contributed by atoms with Gasteiger partial charge in [0.05, 0.1) is 6.10 Å². The normalized spacial score (nSPS) is 12.8. The molecule has 1 aromatic heterocycles. The predicted molar refractivity (Wildman–Crippen MR) is 91.3 cm³/mol. The maximum atomic E-state index is 13.4. The highest BCUT2D eigenvalue weighted by Gasteiger charge is 2.36. The third-order valence-electron chi connectivity index (χ3n) is 3.98. The Balaban J connectivity index is 2.44. The monoisotopic (exact) mass is 353 g/mol. The van der Waals surface area contributed by atoms with Crippen molar-refractivity contribution in [3.05, 3.63) is 41.6 Å². The molecule has 0 aliphatic heterocycles. The summed E-state index contributed by atoms with van der Waals surface area (Å²) in [5, 5.41) is 0. The van der Waals surface area contributed by atoms with E-state index in [4.69, 9.17) is 4.74 Å². The Hall–Kier alpha value is -2.31. The van der Waals surface area contributed by atoms with E-state index < -0.39 is 11.7 Å². The molecule has 0 amide bonds. The van der Waals surface area contributed by atoms with Crippen LogP contribution in [0, 0.1) is 0 Å². The summed E-state index contributed by atoms with van der Waals surface area (Å²) in [6.45, 7) is 5.74. The van der Waals surface area contributed by atoms with Crippen LogP contribution >= 0.6 is 0 Å². The second kappa shape index (κ2) is 7.72. The van der Waals surface area contributed by atoms with Crippen molar-refractivity contribution in [2.24, 2.45) is 0 Å². The SMILES string of the molecule is CCc1ccc(N(C)c2nc(OC(C)CC)ncc2C(F)(F)F)cc1. The van der Waals surface area contributed by atoms with Gasteiger partial charge in [0.25, 0.3) is 0 Å². The third kappa shape index (κ3) is 4.61. The van der Waals surface area contributed by atoms with E-state index in [2.05, 4.69) is 9.97 Å². The lowest BCUT2D eigenvalue weighted by Crippen LogP contribution is -2.20. The molecule has 0 N–H and O–H groups in total. The number of hydrogen-bond acceptors (Lipinski definition) is 4. The first-order chi connectivity index (χ1) is 11.8. The van der Waals surface area contributed by atoms with E-state index in [0.717, 1.165) is 18.2 Å². The zero-order valence-electron chi connectivity index (χ0n) is 14.8. The van der Waals surface area contributed by atoms with Gasteiger partial charge in [0.15, 0.2) is 5.82 Å². The highest BCUT2D eigenvalue weighted by molar-refractivity contribution is 5.63. The van der Waals surface area contributed by atoms with Crippen LogP contribution < -0.4 is 9.64 Å². The number of aromatic nitrogens is 2. The van der Waals surface area contributed by atoms with Crippen LogP contribution in [0.4, 0.5) is 24.7 Å². The second-order valence-electron chi connectivity index (χ2n) is 5.80. The van der Waals surface area contributed by atoms with Crippen LogP contribution in [0.3, 0.4) is 0 Å². The van der Waals surface area contributed by atoms with Crippen molar-refractivity contribution in [1.82, 2.24) is 9.97 Å². The van der Waals surface area contributed by atoms with Gasteiger partial charge >= 0.3 is 12.2 Å². The highest BCUT2D eigenvalue weighted by Crippen LogP contribution is 2.37. The maximum Gasteiger partial charge on any atom is 0.421 e. The maximum absolute atomic E-state index is 13.4. The van der Waals surface area contributed by atoms with Crippen molar-refractivity contribution in [2.45, 2.75) is 45.9 Å². The summed E-state index contributed by atoms with van der Waals surface area (Å²) in [5.74, 6) is -0.231. The molecule has 0 spiro atoms. The average molecular weight is 353 g/mol. The van der Waals surface area contributed by atoms with Gasteiger partial charge in [-0.15, -0.1) is 0 Å². The molecule has 4 nitrogen and oxygen atoms in total. The van der Waals surface area contributed by atoms with Gasteiger partial charge in [0.2, 0.25) is 0 Å². The molecule has 7 heteroatoms. The average Bonchev–Trinajstić information content (AvgIpc) is 2.60. The van der Waals surface area contributed by atoms with E-state index in [9.17, 15) is 13.2 Å². The molecule has 1 heterocycles. The topological polar surface area (TPSA) is 38.2 Å². The zero-order valence-corrected chi connectivity index (χ0v) is 14.8. The molecule has 0 radical (unpaired) electrons. The summed E-state index contributed by atoms with van der Waals surface area (Å²) in [4.78, 5) is 9.13. The fourth-order valence-corrected chi connectivity index (χ4v) is 2.21. The summed E-state index contributed by atoms with van der Waals surface area (Å²) >= 11 is 0. The first-order valence-electron chi connectivity index (χ1n) is 8.19. The zero-order chi connectivity index (χ0) is 18.6. The minimum atomic E-state index is -4.55. The van der Waals surface area contributed by atoms with Crippen molar-refractivity contribution in [1.29, 1.82) is 0 Å². The molecular formula is C18H22F3N3O. The van der Waals surface area contributed by atoms with Gasteiger partial charge in [-0.3, -0.25) is 0 Å². The molecule has 0 aliphatic carbocycles. The molecule has 1 unspecified atom stereocenters. The first-order valence-corrected chi connectivity index (χ1v) is 8.19. The van der Waals surface area contributed by atoms with Crippen molar-refractivity contribution >= 4 is 11.5 Å². The fraction of sp³-hybridized carbons (Fsp3) is 0.444. The van der Waals surface area contributed by atoms with Gasteiger partial charge in [-0.2, -0.15) is 18.2 Å². The van der Waals surface area contributed by atoms with Crippen LogP contribution in [0.5, 0.6) is 6.01 Å². The number of ether oxygens (including phenoxy) is 1.